The first-order valence-corrected chi connectivity index (χ1v) is 9.66. The standard InChI is InChI=1S/C21H16BrNOS/c22-16-9-5-14(6-10-16)19-13-21(15-7-11-17(24)12-8-15)25-20-4-2-1-3-18(20)23-19/h1-13,21,23-24H. The van der Waals surface area contributed by atoms with Crippen molar-refractivity contribution in [3.05, 3.63) is 94.5 Å². The highest BCUT2D eigenvalue weighted by Gasteiger charge is 2.19. The van der Waals surface area contributed by atoms with Gasteiger partial charge in [-0.25, -0.2) is 0 Å². The number of benzene rings is 3. The molecule has 3 aromatic rings. The number of thioether (sulfide) groups is 1. The molecule has 1 unspecified atom stereocenters. The van der Waals surface area contributed by atoms with Gasteiger partial charge in [0.25, 0.3) is 0 Å². The Labute approximate surface area is 159 Å². The number of phenols is 1. The predicted molar refractivity (Wildman–Crippen MR) is 109 cm³/mol. The van der Waals surface area contributed by atoms with Crippen molar-refractivity contribution in [3.63, 3.8) is 0 Å². The van der Waals surface area contributed by atoms with E-state index in [0.717, 1.165) is 27.0 Å². The lowest BCUT2D eigenvalue weighted by Gasteiger charge is -2.12. The fourth-order valence-corrected chi connectivity index (χ4v) is 4.25. The molecule has 124 valence electrons. The summed E-state index contributed by atoms with van der Waals surface area (Å²) in [5.41, 5.74) is 4.51. The molecule has 3 aromatic carbocycles. The summed E-state index contributed by atoms with van der Waals surface area (Å²) in [5, 5.41) is 13.3. The van der Waals surface area contributed by atoms with Gasteiger partial charge in [-0.05, 0) is 53.6 Å². The van der Waals surface area contributed by atoms with Gasteiger partial charge < -0.3 is 10.4 Å². The number of rotatable bonds is 2. The van der Waals surface area contributed by atoms with Crippen molar-refractivity contribution in [2.24, 2.45) is 0 Å². The molecule has 1 aliphatic heterocycles. The van der Waals surface area contributed by atoms with E-state index in [2.05, 4.69) is 69.8 Å². The Morgan fingerprint density at radius 2 is 1.60 bits per heavy atom. The highest BCUT2D eigenvalue weighted by atomic mass is 79.9. The van der Waals surface area contributed by atoms with Crippen LogP contribution in [0.1, 0.15) is 16.4 Å². The second kappa shape index (κ2) is 6.98. The summed E-state index contributed by atoms with van der Waals surface area (Å²) >= 11 is 5.31. The van der Waals surface area contributed by atoms with Crippen molar-refractivity contribution in [2.75, 3.05) is 5.32 Å². The van der Waals surface area contributed by atoms with Crippen LogP contribution in [0.25, 0.3) is 5.70 Å². The Kier molecular flexibility index (Phi) is 4.55. The molecule has 4 rings (SSSR count). The molecular formula is C21H16BrNOS. The summed E-state index contributed by atoms with van der Waals surface area (Å²) in [6, 6.07) is 24.1. The number of halogens is 1. The molecule has 0 saturated carbocycles. The Balaban J connectivity index is 1.80. The topological polar surface area (TPSA) is 32.3 Å². The minimum atomic E-state index is 0.162. The highest BCUT2D eigenvalue weighted by molar-refractivity contribution is 9.10. The SMILES string of the molecule is Oc1ccc(C2C=C(c3ccc(Br)cc3)Nc3ccccc3S2)cc1. The largest absolute Gasteiger partial charge is 0.508 e. The summed E-state index contributed by atoms with van der Waals surface area (Å²) in [6.45, 7) is 0. The maximum atomic E-state index is 9.59. The lowest BCUT2D eigenvalue weighted by molar-refractivity contribution is 0.475. The molecule has 0 amide bonds. The van der Waals surface area contributed by atoms with Crippen molar-refractivity contribution < 1.29 is 5.11 Å². The second-order valence-electron chi connectivity index (χ2n) is 5.84. The maximum Gasteiger partial charge on any atom is 0.115 e. The Morgan fingerprint density at radius 1 is 0.880 bits per heavy atom. The summed E-state index contributed by atoms with van der Waals surface area (Å²) < 4.78 is 1.07. The van der Waals surface area contributed by atoms with E-state index in [4.69, 9.17) is 0 Å². The number of hydrogen-bond acceptors (Lipinski definition) is 3. The van der Waals surface area contributed by atoms with Gasteiger partial charge in [0.1, 0.15) is 5.75 Å². The average Bonchev–Trinajstić information content (AvgIpc) is 2.82. The van der Waals surface area contributed by atoms with Crippen LogP contribution < -0.4 is 5.32 Å². The zero-order valence-electron chi connectivity index (χ0n) is 13.3. The van der Waals surface area contributed by atoms with Crippen molar-refractivity contribution >= 4 is 39.1 Å². The molecule has 1 heterocycles. The fraction of sp³-hybridized carbons (Fsp3) is 0.0476. The third-order valence-corrected chi connectivity index (χ3v) is 5.91. The number of anilines is 1. The van der Waals surface area contributed by atoms with Crippen LogP contribution in [0.5, 0.6) is 5.75 Å². The van der Waals surface area contributed by atoms with Crippen LogP contribution in [0.15, 0.2) is 88.2 Å². The van der Waals surface area contributed by atoms with E-state index in [9.17, 15) is 5.11 Å². The van der Waals surface area contributed by atoms with Crippen LogP contribution in [0.3, 0.4) is 0 Å². The maximum absolute atomic E-state index is 9.59. The smallest absolute Gasteiger partial charge is 0.115 e. The molecule has 0 radical (unpaired) electrons. The molecule has 0 aromatic heterocycles. The van der Waals surface area contributed by atoms with Gasteiger partial charge in [0, 0.05) is 15.1 Å². The monoisotopic (exact) mass is 409 g/mol. The second-order valence-corrected chi connectivity index (χ2v) is 7.94. The van der Waals surface area contributed by atoms with E-state index in [1.807, 2.05) is 30.0 Å². The summed E-state index contributed by atoms with van der Waals surface area (Å²) in [5.74, 6) is 0.290. The molecule has 2 nitrogen and oxygen atoms in total. The van der Waals surface area contributed by atoms with E-state index >= 15 is 0 Å². The number of fused-ring (bicyclic) bond motifs is 1. The zero-order chi connectivity index (χ0) is 17.2. The highest BCUT2D eigenvalue weighted by Crippen LogP contribution is 2.44. The Morgan fingerprint density at radius 3 is 2.36 bits per heavy atom. The van der Waals surface area contributed by atoms with Crippen LogP contribution in [0.4, 0.5) is 5.69 Å². The molecule has 0 fully saturated rings. The van der Waals surface area contributed by atoms with Gasteiger partial charge in [0.15, 0.2) is 0 Å². The summed E-state index contributed by atoms with van der Waals surface area (Å²) in [6.07, 6.45) is 2.25. The summed E-state index contributed by atoms with van der Waals surface area (Å²) in [4.78, 5) is 1.21. The average molecular weight is 410 g/mol. The normalized spacial score (nSPS) is 16.4. The lowest BCUT2D eigenvalue weighted by atomic mass is 10.1. The van der Waals surface area contributed by atoms with Crippen LogP contribution in [0.2, 0.25) is 0 Å². The molecular weight excluding hydrogens is 394 g/mol. The van der Waals surface area contributed by atoms with E-state index in [1.54, 1.807) is 12.1 Å². The first kappa shape index (κ1) is 16.3. The predicted octanol–water partition coefficient (Wildman–Crippen LogP) is 6.45. The fourth-order valence-electron chi connectivity index (χ4n) is 2.81. The van der Waals surface area contributed by atoms with E-state index in [0.29, 0.717) is 0 Å². The van der Waals surface area contributed by atoms with Crippen molar-refractivity contribution in [1.82, 2.24) is 0 Å². The molecule has 1 aliphatic rings. The molecule has 0 bridgehead atoms. The molecule has 0 saturated heterocycles. The van der Waals surface area contributed by atoms with Crippen LogP contribution >= 0.6 is 27.7 Å². The first-order valence-electron chi connectivity index (χ1n) is 7.98. The number of aromatic hydroxyl groups is 1. The van der Waals surface area contributed by atoms with E-state index < -0.39 is 0 Å². The minimum absolute atomic E-state index is 0.162. The number of phenolic OH excluding ortho intramolecular Hbond substituents is 1. The van der Waals surface area contributed by atoms with Gasteiger partial charge in [-0.1, -0.05) is 52.3 Å². The molecule has 0 spiro atoms. The van der Waals surface area contributed by atoms with Crippen LogP contribution in [-0.4, -0.2) is 5.11 Å². The lowest BCUT2D eigenvalue weighted by Crippen LogP contribution is -1.99. The molecule has 4 heteroatoms. The van der Waals surface area contributed by atoms with Crippen molar-refractivity contribution in [3.8, 4) is 5.75 Å². The van der Waals surface area contributed by atoms with Crippen molar-refractivity contribution in [1.29, 1.82) is 0 Å². The van der Waals surface area contributed by atoms with E-state index in [-0.39, 0.29) is 11.0 Å². The summed E-state index contributed by atoms with van der Waals surface area (Å²) in [7, 11) is 0. The van der Waals surface area contributed by atoms with Gasteiger partial charge in [0.2, 0.25) is 0 Å². The van der Waals surface area contributed by atoms with E-state index in [1.165, 1.54) is 4.90 Å². The Hall–Kier alpha value is -2.17. The van der Waals surface area contributed by atoms with Gasteiger partial charge in [0.05, 0.1) is 10.9 Å². The third-order valence-electron chi connectivity index (χ3n) is 4.11. The minimum Gasteiger partial charge on any atom is -0.508 e. The number of para-hydroxylation sites is 1. The van der Waals surface area contributed by atoms with Crippen LogP contribution in [0, 0.1) is 0 Å². The quantitative estimate of drug-likeness (QED) is 0.509. The van der Waals surface area contributed by atoms with Gasteiger partial charge >= 0.3 is 0 Å². The first-order chi connectivity index (χ1) is 12.2. The molecule has 25 heavy (non-hydrogen) atoms. The molecule has 1 atom stereocenters. The number of nitrogens with one attached hydrogen (secondary N) is 1. The van der Waals surface area contributed by atoms with Gasteiger partial charge in [-0.2, -0.15) is 0 Å². The van der Waals surface area contributed by atoms with Crippen molar-refractivity contribution in [2.45, 2.75) is 10.1 Å². The number of hydrogen-bond donors (Lipinski definition) is 2. The van der Waals surface area contributed by atoms with Crippen LogP contribution in [-0.2, 0) is 0 Å². The zero-order valence-corrected chi connectivity index (χ0v) is 15.7. The van der Waals surface area contributed by atoms with Gasteiger partial charge in [-0.3, -0.25) is 0 Å². The third kappa shape index (κ3) is 3.60. The van der Waals surface area contributed by atoms with Gasteiger partial charge in [-0.15, -0.1) is 11.8 Å². The molecule has 0 aliphatic carbocycles. The molecule has 2 N–H and O–H groups in total. The Bertz CT molecular complexity index is 919.